The van der Waals surface area contributed by atoms with Crippen LogP contribution in [0, 0.1) is 5.92 Å². The third kappa shape index (κ3) is 4.42. The molecule has 1 heterocycles. The van der Waals surface area contributed by atoms with Crippen molar-refractivity contribution in [2.75, 3.05) is 6.54 Å². The standard InChI is InChI=1S/C13H22ClN3OS/c1-5-9(6-2)10(14)7-15-13(18)12-11(8(3)4)16-17-19-12/h8-10H,5-7H2,1-4H3,(H,15,18). The number of nitrogens with one attached hydrogen (secondary N) is 1. The Hall–Kier alpha value is -0.680. The summed E-state index contributed by atoms with van der Waals surface area (Å²) in [6, 6.07) is 0. The van der Waals surface area contributed by atoms with Crippen molar-refractivity contribution < 1.29 is 4.79 Å². The van der Waals surface area contributed by atoms with Crippen LogP contribution in [0.4, 0.5) is 0 Å². The molecule has 0 saturated carbocycles. The highest BCUT2D eigenvalue weighted by molar-refractivity contribution is 7.08. The lowest BCUT2D eigenvalue weighted by Crippen LogP contribution is -2.33. The highest BCUT2D eigenvalue weighted by Gasteiger charge is 2.21. The molecule has 0 aliphatic heterocycles. The van der Waals surface area contributed by atoms with Gasteiger partial charge in [0.25, 0.3) is 5.91 Å². The lowest BCUT2D eigenvalue weighted by molar-refractivity contribution is 0.0954. The number of nitrogens with zero attached hydrogens (tertiary/aromatic N) is 2. The molecule has 108 valence electrons. The molecule has 1 atom stereocenters. The second-order valence-electron chi connectivity index (χ2n) is 4.94. The van der Waals surface area contributed by atoms with E-state index in [1.165, 1.54) is 0 Å². The maximum absolute atomic E-state index is 12.1. The van der Waals surface area contributed by atoms with E-state index in [9.17, 15) is 4.79 Å². The summed E-state index contributed by atoms with van der Waals surface area (Å²) in [5.41, 5.74) is 0.760. The first kappa shape index (κ1) is 16.4. The normalized spacial score (nSPS) is 13.0. The summed E-state index contributed by atoms with van der Waals surface area (Å²) in [4.78, 5) is 12.7. The van der Waals surface area contributed by atoms with E-state index < -0.39 is 0 Å². The molecule has 0 aromatic carbocycles. The van der Waals surface area contributed by atoms with E-state index in [1.807, 2.05) is 13.8 Å². The zero-order chi connectivity index (χ0) is 14.4. The van der Waals surface area contributed by atoms with E-state index in [0.717, 1.165) is 30.1 Å². The van der Waals surface area contributed by atoms with Gasteiger partial charge in [-0.3, -0.25) is 4.79 Å². The summed E-state index contributed by atoms with van der Waals surface area (Å²) >= 11 is 7.45. The summed E-state index contributed by atoms with van der Waals surface area (Å²) in [6.45, 7) is 8.73. The minimum Gasteiger partial charge on any atom is -0.350 e. The van der Waals surface area contributed by atoms with Crippen LogP contribution in [0.1, 0.15) is 61.8 Å². The summed E-state index contributed by atoms with van der Waals surface area (Å²) < 4.78 is 3.86. The van der Waals surface area contributed by atoms with Crippen LogP contribution < -0.4 is 5.32 Å². The molecule has 0 aliphatic carbocycles. The van der Waals surface area contributed by atoms with Crippen LogP contribution in [0.5, 0.6) is 0 Å². The molecule has 0 aliphatic rings. The van der Waals surface area contributed by atoms with Crippen molar-refractivity contribution >= 4 is 29.0 Å². The van der Waals surface area contributed by atoms with Crippen LogP contribution >= 0.6 is 23.1 Å². The molecule has 1 aromatic rings. The summed E-state index contributed by atoms with van der Waals surface area (Å²) in [7, 11) is 0. The van der Waals surface area contributed by atoms with Crippen molar-refractivity contribution in [3.63, 3.8) is 0 Å². The topological polar surface area (TPSA) is 54.9 Å². The van der Waals surface area contributed by atoms with Gasteiger partial charge in [-0.15, -0.1) is 16.7 Å². The van der Waals surface area contributed by atoms with Crippen LogP contribution in [-0.2, 0) is 0 Å². The first-order valence-corrected chi connectivity index (χ1v) is 7.96. The van der Waals surface area contributed by atoms with Crippen LogP contribution in [0.15, 0.2) is 0 Å². The lowest BCUT2D eigenvalue weighted by atomic mass is 9.99. The number of alkyl halides is 1. The van der Waals surface area contributed by atoms with Gasteiger partial charge in [0.05, 0.1) is 11.1 Å². The molecule has 0 fully saturated rings. The van der Waals surface area contributed by atoms with Gasteiger partial charge in [0.1, 0.15) is 4.88 Å². The smallest absolute Gasteiger partial charge is 0.265 e. The van der Waals surface area contributed by atoms with Crippen LogP contribution in [0.3, 0.4) is 0 Å². The van der Waals surface area contributed by atoms with E-state index in [0.29, 0.717) is 17.3 Å². The summed E-state index contributed by atoms with van der Waals surface area (Å²) in [5.74, 6) is 0.520. The number of hydrogen-bond acceptors (Lipinski definition) is 4. The fraction of sp³-hybridized carbons (Fsp3) is 0.769. The average Bonchev–Trinajstić information content (AvgIpc) is 2.86. The average molecular weight is 304 g/mol. The second kappa shape index (κ2) is 7.80. The van der Waals surface area contributed by atoms with Gasteiger partial charge >= 0.3 is 0 Å². The SMILES string of the molecule is CCC(CC)C(Cl)CNC(=O)c1snnc1C(C)C. The molecule has 1 unspecified atom stereocenters. The fourth-order valence-corrected chi connectivity index (χ4v) is 3.14. The molecule has 1 rings (SSSR count). The highest BCUT2D eigenvalue weighted by Crippen LogP contribution is 2.20. The van der Waals surface area contributed by atoms with Gasteiger partial charge in [0.2, 0.25) is 0 Å². The zero-order valence-electron chi connectivity index (χ0n) is 11.9. The Morgan fingerprint density at radius 1 is 1.37 bits per heavy atom. The minimum atomic E-state index is -0.115. The number of rotatable bonds is 7. The molecule has 4 nitrogen and oxygen atoms in total. The van der Waals surface area contributed by atoms with E-state index in [4.69, 9.17) is 11.6 Å². The second-order valence-corrected chi connectivity index (χ2v) is 6.26. The Balaban J connectivity index is 2.58. The zero-order valence-corrected chi connectivity index (χ0v) is 13.5. The van der Waals surface area contributed by atoms with E-state index in [2.05, 4.69) is 28.8 Å². The van der Waals surface area contributed by atoms with Crippen molar-refractivity contribution in [1.82, 2.24) is 14.9 Å². The Labute approximate surface area is 124 Å². The maximum Gasteiger partial charge on any atom is 0.265 e. The Bertz CT molecular complexity index is 404. The molecular weight excluding hydrogens is 282 g/mol. The number of amides is 1. The molecule has 0 bridgehead atoms. The van der Waals surface area contributed by atoms with Gasteiger partial charge in [0, 0.05) is 6.54 Å². The third-order valence-electron chi connectivity index (χ3n) is 3.28. The van der Waals surface area contributed by atoms with Crippen LogP contribution in [0.25, 0.3) is 0 Å². The number of hydrogen-bond donors (Lipinski definition) is 1. The van der Waals surface area contributed by atoms with Gasteiger partial charge < -0.3 is 5.32 Å². The largest absolute Gasteiger partial charge is 0.350 e. The van der Waals surface area contributed by atoms with Gasteiger partial charge in [-0.1, -0.05) is 45.0 Å². The van der Waals surface area contributed by atoms with Crippen molar-refractivity contribution in [3.8, 4) is 0 Å². The molecule has 1 N–H and O–H groups in total. The number of halogens is 1. The van der Waals surface area contributed by atoms with E-state index >= 15 is 0 Å². The lowest BCUT2D eigenvalue weighted by Gasteiger charge is -2.19. The van der Waals surface area contributed by atoms with Crippen LogP contribution in [-0.4, -0.2) is 27.4 Å². The van der Waals surface area contributed by atoms with Gasteiger partial charge in [-0.05, 0) is 23.4 Å². The molecule has 0 radical (unpaired) electrons. The van der Waals surface area contributed by atoms with Crippen molar-refractivity contribution in [2.24, 2.45) is 5.92 Å². The van der Waals surface area contributed by atoms with Crippen LogP contribution in [0.2, 0.25) is 0 Å². The number of carbonyl (C=O) groups is 1. The number of carbonyl (C=O) groups excluding carboxylic acids is 1. The maximum atomic E-state index is 12.1. The summed E-state index contributed by atoms with van der Waals surface area (Å²) in [6.07, 6.45) is 2.06. The number of aromatic nitrogens is 2. The molecule has 19 heavy (non-hydrogen) atoms. The third-order valence-corrected chi connectivity index (χ3v) is 4.54. The molecule has 6 heteroatoms. The Morgan fingerprint density at radius 3 is 2.53 bits per heavy atom. The molecule has 0 saturated heterocycles. The van der Waals surface area contributed by atoms with Crippen molar-refractivity contribution in [2.45, 2.75) is 51.8 Å². The highest BCUT2D eigenvalue weighted by atomic mass is 35.5. The van der Waals surface area contributed by atoms with Gasteiger partial charge in [0.15, 0.2) is 0 Å². The molecular formula is C13H22ClN3OS. The molecule has 1 aromatic heterocycles. The summed E-state index contributed by atoms with van der Waals surface area (Å²) in [5, 5.41) is 6.87. The molecule has 0 spiro atoms. The predicted octanol–water partition coefficient (Wildman–Crippen LogP) is 3.43. The first-order valence-electron chi connectivity index (χ1n) is 6.75. The Kier molecular flexibility index (Phi) is 6.72. The quantitative estimate of drug-likeness (QED) is 0.785. The van der Waals surface area contributed by atoms with E-state index in [-0.39, 0.29) is 17.2 Å². The molecule has 1 amide bonds. The monoisotopic (exact) mass is 303 g/mol. The van der Waals surface area contributed by atoms with Gasteiger partial charge in [-0.2, -0.15) is 0 Å². The Morgan fingerprint density at radius 2 is 2.00 bits per heavy atom. The van der Waals surface area contributed by atoms with Crippen molar-refractivity contribution in [3.05, 3.63) is 10.6 Å². The van der Waals surface area contributed by atoms with Crippen molar-refractivity contribution in [1.29, 1.82) is 0 Å². The fourth-order valence-electron chi connectivity index (χ4n) is 1.97. The minimum absolute atomic E-state index is 0.0256. The van der Waals surface area contributed by atoms with Gasteiger partial charge in [-0.25, -0.2) is 0 Å². The van der Waals surface area contributed by atoms with E-state index in [1.54, 1.807) is 0 Å². The predicted molar refractivity (Wildman–Crippen MR) is 80.0 cm³/mol. The first-order chi connectivity index (χ1) is 9.01.